The first-order chi connectivity index (χ1) is 14.4. The minimum atomic E-state index is -3.15. The summed E-state index contributed by atoms with van der Waals surface area (Å²) in [5.41, 5.74) is 1.89. The topological polar surface area (TPSA) is 92.7 Å². The van der Waals surface area contributed by atoms with E-state index in [-0.39, 0.29) is 6.04 Å². The first kappa shape index (κ1) is 20.7. The SMILES string of the molecule is CS(=O)(=O)N1CCC(Cc2nccnc2N2C(=O)OCC2Cc2ccccc2)CC1. The number of benzene rings is 1. The summed E-state index contributed by atoms with van der Waals surface area (Å²) < 4.78 is 30.4. The number of piperidine rings is 1. The number of carbonyl (C=O) groups excluding carboxylic acids is 1. The van der Waals surface area contributed by atoms with Gasteiger partial charge in [-0.2, -0.15) is 0 Å². The Labute approximate surface area is 176 Å². The van der Waals surface area contributed by atoms with Crippen molar-refractivity contribution in [3.63, 3.8) is 0 Å². The van der Waals surface area contributed by atoms with Gasteiger partial charge in [0.25, 0.3) is 0 Å². The summed E-state index contributed by atoms with van der Waals surface area (Å²) in [5.74, 6) is 0.844. The highest BCUT2D eigenvalue weighted by Crippen LogP contribution is 2.29. The van der Waals surface area contributed by atoms with Gasteiger partial charge in [-0.1, -0.05) is 30.3 Å². The van der Waals surface area contributed by atoms with Crippen LogP contribution in [0.3, 0.4) is 0 Å². The third-order valence-corrected chi connectivity index (χ3v) is 7.08. The van der Waals surface area contributed by atoms with E-state index in [9.17, 15) is 13.2 Å². The molecular formula is C21H26N4O4S. The molecule has 0 N–H and O–H groups in total. The van der Waals surface area contributed by atoms with Crippen molar-refractivity contribution in [1.29, 1.82) is 0 Å². The van der Waals surface area contributed by atoms with Gasteiger partial charge in [0.15, 0.2) is 5.82 Å². The van der Waals surface area contributed by atoms with Gasteiger partial charge in [-0.3, -0.25) is 9.88 Å². The first-order valence-corrected chi connectivity index (χ1v) is 12.0. The maximum Gasteiger partial charge on any atom is 0.416 e. The number of hydrogen-bond donors (Lipinski definition) is 0. The fraction of sp³-hybridized carbons (Fsp3) is 0.476. The van der Waals surface area contributed by atoms with Crippen molar-refractivity contribution >= 4 is 21.9 Å². The predicted octanol–water partition coefficient (Wildman–Crippen LogP) is 2.26. The lowest BCUT2D eigenvalue weighted by Crippen LogP contribution is -2.39. The second kappa shape index (κ2) is 8.69. The standard InChI is InChI=1S/C21H26N4O4S/c1-30(27,28)24-11-7-17(8-12-24)14-19-20(23-10-9-22-19)25-18(15-29-21(25)26)13-16-5-3-2-4-6-16/h2-6,9-10,17-18H,7-8,11-15H2,1H3. The molecule has 2 aromatic rings. The van der Waals surface area contributed by atoms with Gasteiger partial charge in [0.2, 0.25) is 10.0 Å². The molecule has 1 aromatic carbocycles. The van der Waals surface area contributed by atoms with Crippen LogP contribution < -0.4 is 4.90 Å². The van der Waals surface area contributed by atoms with Gasteiger partial charge < -0.3 is 4.74 Å². The Morgan fingerprint density at radius 1 is 1.07 bits per heavy atom. The van der Waals surface area contributed by atoms with Crippen LogP contribution in [0.5, 0.6) is 0 Å². The number of aromatic nitrogens is 2. The van der Waals surface area contributed by atoms with Crippen LogP contribution in [-0.2, 0) is 27.6 Å². The molecule has 1 aromatic heterocycles. The Morgan fingerprint density at radius 3 is 2.47 bits per heavy atom. The van der Waals surface area contributed by atoms with E-state index in [4.69, 9.17) is 4.74 Å². The molecule has 0 spiro atoms. The summed E-state index contributed by atoms with van der Waals surface area (Å²) in [5, 5.41) is 0. The minimum absolute atomic E-state index is 0.137. The summed E-state index contributed by atoms with van der Waals surface area (Å²) in [6, 6.07) is 9.86. The average Bonchev–Trinajstić information content (AvgIpc) is 3.09. The van der Waals surface area contributed by atoms with Crippen LogP contribution in [-0.4, -0.2) is 60.8 Å². The molecule has 1 amide bonds. The lowest BCUT2D eigenvalue weighted by molar-refractivity contribution is 0.178. The Balaban J connectivity index is 1.50. The van der Waals surface area contributed by atoms with Crippen molar-refractivity contribution < 1.29 is 17.9 Å². The number of cyclic esters (lactones) is 1. The van der Waals surface area contributed by atoms with Gasteiger partial charge in [0.05, 0.1) is 18.0 Å². The van der Waals surface area contributed by atoms with E-state index in [0.717, 1.165) is 24.1 Å². The zero-order valence-electron chi connectivity index (χ0n) is 17.0. The monoisotopic (exact) mass is 430 g/mol. The molecule has 0 radical (unpaired) electrons. The zero-order chi connectivity index (χ0) is 21.1. The number of nitrogens with zero attached hydrogens (tertiary/aromatic N) is 4. The third kappa shape index (κ3) is 4.62. The molecule has 1 atom stereocenters. The predicted molar refractivity (Wildman–Crippen MR) is 113 cm³/mol. The van der Waals surface area contributed by atoms with Crippen LogP contribution in [0.1, 0.15) is 24.1 Å². The van der Waals surface area contributed by atoms with Gasteiger partial charge in [-0.25, -0.2) is 22.5 Å². The second-order valence-electron chi connectivity index (χ2n) is 7.93. The maximum atomic E-state index is 12.5. The molecule has 2 aliphatic heterocycles. The van der Waals surface area contributed by atoms with E-state index >= 15 is 0 Å². The van der Waals surface area contributed by atoms with Gasteiger partial charge in [-0.05, 0) is 37.2 Å². The molecule has 0 bridgehead atoms. The Hall–Kier alpha value is -2.52. The molecular weight excluding hydrogens is 404 g/mol. The van der Waals surface area contributed by atoms with Crippen molar-refractivity contribution in [1.82, 2.24) is 14.3 Å². The molecule has 1 unspecified atom stereocenters. The molecule has 3 heterocycles. The summed E-state index contributed by atoms with van der Waals surface area (Å²) in [7, 11) is -3.15. The van der Waals surface area contributed by atoms with Crippen molar-refractivity contribution in [3.8, 4) is 0 Å². The Morgan fingerprint density at radius 2 is 1.77 bits per heavy atom. The number of rotatable bonds is 6. The molecule has 0 aliphatic carbocycles. The van der Waals surface area contributed by atoms with Crippen molar-refractivity contribution in [2.24, 2.45) is 5.92 Å². The van der Waals surface area contributed by atoms with Gasteiger partial charge >= 0.3 is 6.09 Å². The fourth-order valence-electron chi connectivity index (χ4n) is 4.18. The van der Waals surface area contributed by atoms with Crippen LogP contribution in [0.25, 0.3) is 0 Å². The van der Waals surface area contributed by atoms with Crippen LogP contribution >= 0.6 is 0 Å². The lowest BCUT2D eigenvalue weighted by Gasteiger charge is -2.30. The summed E-state index contributed by atoms with van der Waals surface area (Å²) in [6.07, 6.45) is 6.94. The van der Waals surface area contributed by atoms with E-state index in [1.54, 1.807) is 17.3 Å². The molecule has 2 aliphatic rings. The van der Waals surface area contributed by atoms with E-state index in [0.29, 0.717) is 44.3 Å². The highest BCUT2D eigenvalue weighted by atomic mass is 32.2. The quantitative estimate of drug-likeness (QED) is 0.698. The van der Waals surface area contributed by atoms with Crippen LogP contribution in [0, 0.1) is 5.92 Å². The highest BCUT2D eigenvalue weighted by molar-refractivity contribution is 7.88. The number of anilines is 1. The fourth-order valence-corrected chi connectivity index (χ4v) is 5.05. The normalized spacial score (nSPS) is 21.0. The molecule has 2 saturated heterocycles. The number of carbonyl (C=O) groups is 1. The molecule has 4 rings (SSSR count). The number of hydrogen-bond acceptors (Lipinski definition) is 6. The van der Waals surface area contributed by atoms with Crippen molar-refractivity contribution in [3.05, 3.63) is 54.0 Å². The molecule has 8 nitrogen and oxygen atoms in total. The molecule has 160 valence electrons. The lowest BCUT2D eigenvalue weighted by atomic mass is 9.93. The second-order valence-corrected chi connectivity index (χ2v) is 9.91. The zero-order valence-corrected chi connectivity index (χ0v) is 17.8. The average molecular weight is 431 g/mol. The third-order valence-electron chi connectivity index (χ3n) is 5.78. The largest absolute Gasteiger partial charge is 0.447 e. The Kier molecular flexibility index (Phi) is 6.01. The van der Waals surface area contributed by atoms with Gasteiger partial charge in [0, 0.05) is 25.5 Å². The van der Waals surface area contributed by atoms with Crippen LogP contribution in [0.2, 0.25) is 0 Å². The summed E-state index contributed by atoms with van der Waals surface area (Å²) in [6.45, 7) is 1.35. The maximum absolute atomic E-state index is 12.5. The smallest absolute Gasteiger partial charge is 0.416 e. The van der Waals surface area contributed by atoms with E-state index in [2.05, 4.69) is 9.97 Å². The summed E-state index contributed by atoms with van der Waals surface area (Å²) in [4.78, 5) is 23.2. The number of amides is 1. The van der Waals surface area contributed by atoms with E-state index in [1.165, 1.54) is 10.6 Å². The molecule has 2 fully saturated rings. The van der Waals surface area contributed by atoms with E-state index in [1.807, 2.05) is 30.3 Å². The summed E-state index contributed by atoms with van der Waals surface area (Å²) >= 11 is 0. The Bertz CT molecular complexity index is 991. The number of ether oxygens (including phenoxy) is 1. The van der Waals surface area contributed by atoms with Crippen LogP contribution in [0.15, 0.2) is 42.7 Å². The van der Waals surface area contributed by atoms with Crippen molar-refractivity contribution in [2.45, 2.75) is 31.7 Å². The molecule has 9 heteroatoms. The minimum Gasteiger partial charge on any atom is -0.447 e. The number of sulfonamides is 1. The van der Waals surface area contributed by atoms with Crippen LogP contribution in [0.4, 0.5) is 10.6 Å². The van der Waals surface area contributed by atoms with Gasteiger partial charge in [0.1, 0.15) is 6.61 Å². The molecule has 30 heavy (non-hydrogen) atoms. The van der Waals surface area contributed by atoms with Gasteiger partial charge in [-0.15, -0.1) is 0 Å². The van der Waals surface area contributed by atoms with E-state index < -0.39 is 16.1 Å². The van der Waals surface area contributed by atoms with Crippen molar-refractivity contribution in [2.75, 3.05) is 30.9 Å². The first-order valence-electron chi connectivity index (χ1n) is 10.2. The molecule has 0 saturated carbocycles. The highest BCUT2D eigenvalue weighted by Gasteiger charge is 2.37.